The van der Waals surface area contributed by atoms with Crippen LogP contribution in [0.15, 0.2) is 40.4 Å². The van der Waals surface area contributed by atoms with Crippen molar-refractivity contribution < 1.29 is 19.2 Å². The number of ether oxygens (including phenoxy) is 1. The van der Waals surface area contributed by atoms with Crippen molar-refractivity contribution in [2.75, 3.05) is 13.1 Å². The molecule has 1 aromatic heterocycles. The highest BCUT2D eigenvalue weighted by Gasteiger charge is 2.25. The van der Waals surface area contributed by atoms with Crippen molar-refractivity contribution in [3.8, 4) is 5.75 Å². The minimum absolute atomic E-state index is 0.0178. The van der Waals surface area contributed by atoms with Crippen LogP contribution >= 0.6 is 0 Å². The van der Waals surface area contributed by atoms with Gasteiger partial charge < -0.3 is 19.3 Å². The monoisotopic (exact) mass is 356 g/mol. The number of hydrogen-bond donors (Lipinski definition) is 1. The molecule has 26 heavy (non-hydrogen) atoms. The van der Waals surface area contributed by atoms with Crippen LogP contribution in [0.25, 0.3) is 6.08 Å². The lowest BCUT2D eigenvalue weighted by Gasteiger charge is -2.30. The Labute approximate surface area is 153 Å². The summed E-state index contributed by atoms with van der Waals surface area (Å²) in [5.74, 6) is 1.37. The normalized spacial score (nSPS) is 15.7. The third kappa shape index (κ3) is 4.52. The Kier molecular flexibility index (Phi) is 5.73. The van der Waals surface area contributed by atoms with E-state index in [4.69, 9.17) is 9.26 Å². The molecule has 1 N–H and O–H groups in total. The first-order valence-electron chi connectivity index (χ1n) is 8.83. The largest absolute Gasteiger partial charge is 0.481 e. The zero-order valence-electron chi connectivity index (χ0n) is 15.1. The van der Waals surface area contributed by atoms with E-state index in [1.165, 1.54) is 5.57 Å². The third-order valence-electron chi connectivity index (χ3n) is 4.46. The average Bonchev–Trinajstić information content (AvgIpc) is 3.06. The summed E-state index contributed by atoms with van der Waals surface area (Å²) in [5.41, 5.74) is 2.86. The number of likely N-dealkylation sites (tertiary alicyclic amines) is 1. The van der Waals surface area contributed by atoms with Crippen LogP contribution in [0.3, 0.4) is 0 Å². The lowest BCUT2D eigenvalue weighted by Crippen LogP contribution is -2.43. The highest BCUT2D eigenvalue weighted by atomic mass is 16.5. The standard InChI is InChI=1S/C20H24N2O4/c1-14-10-18(21-26-14)11-16-6-8-22(9-7-16)20(24)15(2)25-19-5-3-4-17(12-19)13-23/h3-5,10-12,15,23H,6-9,13H2,1-2H3. The molecule has 0 radical (unpaired) electrons. The van der Waals surface area contributed by atoms with E-state index in [0.29, 0.717) is 18.8 Å². The summed E-state index contributed by atoms with van der Waals surface area (Å²) in [6.07, 6.45) is 3.13. The minimum atomic E-state index is -0.562. The topological polar surface area (TPSA) is 75.8 Å². The summed E-state index contributed by atoms with van der Waals surface area (Å²) in [6.45, 7) is 4.93. The van der Waals surface area contributed by atoms with Crippen LogP contribution in [0.4, 0.5) is 0 Å². The lowest BCUT2D eigenvalue weighted by atomic mass is 10.0. The van der Waals surface area contributed by atoms with Crippen molar-refractivity contribution in [1.82, 2.24) is 10.1 Å². The molecule has 0 aliphatic carbocycles. The first-order valence-corrected chi connectivity index (χ1v) is 8.83. The smallest absolute Gasteiger partial charge is 0.263 e. The van der Waals surface area contributed by atoms with Gasteiger partial charge in [-0.25, -0.2) is 0 Å². The van der Waals surface area contributed by atoms with Crippen LogP contribution in [-0.4, -0.2) is 40.3 Å². The summed E-state index contributed by atoms with van der Waals surface area (Å²) >= 11 is 0. The Bertz CT molecular complexity index is 787. The van der Waals surface area contributed by atoms with E-state index in [0.717, 1.165) is 29.9 Å². The van der Waals surface area contributed by atoms with E-state index >= 15 is 0 Å². The Morgan fingerprint density at radius 2 is 2.15 bits per heavy atom. The molecule has 6 nitrogen and oxygen atoms in total. The SMILES string of the molecule is Cc1cc(C=C2CCN(C(=O)C(C)Oc3cccc(CO)c3)CC2)no1. The molecular formula is C20H24N2O4. The Balaban J connectivity index is 1.54. The predicted octanol–water partition coefficient (Wildman–Crippen LogP) is 2.95. The fourth-order valence-electron chi connectivity index (χ4n) is 3.05. The molecule has 2 aromatic rings. The highest BCUT2D eigenvalue weighted by Crippen LogP contribution is 2.21. The number of aromatic nitrogens is 1. The molecule has 1 atom stereocenters. The summed E-state index contributed by atoms with van der Waals surface area (Å²) < 4.78 is 10.8. The molecule has 0 bridgehead atoms. The van der Waals surface area contributed by atoms with Gasteiger partial charge in [-0.1, -0.05) is 22.9 Å². The molecular weight excluding hydrogens is 332 g/mol. The maximum atomic E-state index is 12.6. The second kappa shape index (κ2) is 8.19. The minimum Gasteiger partial charge on any atom is -0.481 e. The molecule has 6 heteroatoms. The molecule has 1 amide bonds. The number of aryl methyl sites for hydroxylation is 1. The van der Waals surface area contributed by atoms with Gasteiger partial charge in [0, 0.05) is 19.2 Å². The second-order valence-corrected chi connectivity index (χ2v) is 6.56. The van der Waals surface area contributed by atoms with Crippen LogP contribution < -0.4 is 4.74 Å². The van der Waals surface area contributed by atoms with Crippen LogP contribution in [0.2, 0.25) is 0 Å². The van der Waals surface area contributed by atoms with E-state index < -0.39 is 6.10 Å². The molecule has 1 fully saturated rings. The number of aliphatic hydroxyl groups is 1. The quantitative estimate of drug-likeness (QED) is 0.891. The van der Waals surface area contributed by atoms with Gasteiger partial charge in [0.1, 0.15) is 17.2 Å². The summed E-state index contributed by atoms with van der Waals surface area (Å²) in [4.78, 5) is 14.5. The Morgan fingerprint density at radius 1 is 1.38 bits per heavy atom. The molecule has 1 aliphatic rings. The highest BCUT2D eigenvalue weighted by molar-refractivity contribution is 5.81. The maximum Gasteiger partial charge on any atom is 0.263 e. The van der Waals surface area contributed by atoms with Gasteiger partial charge in [-0.15, -0.1) is 0 Å². The molecule has 0 spiro atoms. The number of rotatable bonds is 5. The molecule has 1 unspecified atom stereocenters. The van der Waals surface area contributed by atoms with E-state index in [1.807, 2.05) is 36.1 Å². The van der Waals surface area contributed by atoms with Gasteiger partial charge in [-0.05, 0) is 50.5 Å². The lowest BCUT2D eigenvalue weighted by molar-refractivity contribution is -0.138. The van der Waals surface area contributed by atoms with Gasteiger partial charge in [-0.2, -0.15) is 0 Å². The average molecular weight is 356 g/mol. The molecule has 2 heterocycles. The molecule has 0 saturated carbocycles. The molecule has 138 valence electrons. The summed E-state index contributed by atoms with van der Waals surface area (Å²) in [5, 5.41) is 13.2. The van der Waals surface area contributed by atoms with Crippen molar-refractivity contribution in [2.24, 2.45) is 0 Å². The van der Waals surface area contributed by atoms with Crippen molar-refractivity contribution in [3.05, 3.63) is 52.9 Å². The van der Waals surface area contributed by atoms with E-state index in [1.54, 1.807) is 19.1 Å². The van der Waals surface area contributed by atoms with Crippen molar-refractivity contribution in [3.63, 3.8) is 0 Å². The van der Waals surface area contributed by atoms with Crippen molar-refractivity contribution >= 4 is 12.0 Å². The molecule has 1 saturated heterocycles. The Hall–Kier alpha value is -2.60. The maximum absolute atomic E-state index is 12.6. The first-order chi connectivity index (χ1) is 12.5. The van der Waals surface area contributed by atoms with E-state index in [2.05, 4.69) is 5.16 Å². The molecule has 3 rings (SSSR count). The van der Waals surface area contributed by atoms with Crippen LogP contribution in [-0.2, 0) is 11.4 Å². The fraction of sp³-hybridized carbons (Fsp3) is 0.400. The van der Waals surface area contributed by atoms with Gasteiger partial charge in [0.05, 0.1) is 6.61 Å². The van der Waals surface area contributed by atoms with Gasteiger partial charge >= 0.3 is 0 Å². The number of aliphatic hydroxyl groups excluding tert-OH is 1. The van der Waals surface area contributed by atoms with Crippen LogP contribution in [0.1, 0.15) is 36.8 Å². The number of hydrogen-bond acceptors (Lipinski definition) is 5. The number of carbonyl (C=O) groups excluding carboxylic acids is 1. The van der Waals surface area contributed by atoms with Gasteiger partial charge in [-0.3, -0.25) is 4.79 Å². The van der Waals surface area contributed by atoms with E-state index in [9.17, 15) is 9.90 Å². The second-order valence-electron chi connectivity index (χ2n) is 6.56. The molecule has 1 aliphatic heterocycles. The van der Waals surface area contributed by atoms with E-state index in [-0.39, 0.29) is 12.5 Å². The Morgan fingerprint density at radius 3 is 2.81 bits per heavy atom. The summed E-state index contributed by atoms with van der Waals surface area (Å²) in [6, 6.07) is 9.07. The first kappa shape index (κ1) is 18.2. The summed E-state index contributed by atoms with van der Waals surface area (Å²) in [7, 11) is 0. The number of benzene rings is 1. The zero-order chi connectivity index (χ0) is 18.5. The van der Waals surface area contributed by atoms with Crippen molar-refractivity contribution in [1.29, 1.82) is 0 Å². The van der Waals surface area contributed by atoms with Gasteiger partial charge in [0.25, 0.3) is 5.91 Å². The fourth-order valence-corrected chi connectivity index (χ4v) is 3.05. The number of amides is 1. The number of carbonyl (C=O) groups is 1. The number of piperidine rings is 1. The van der Waals surface area contributed by atoms with Crippen LogP contribution in [0.5, 0.6) is 5.75 Å². The zero-order valence-corrected chi connectivity index (χ0v) is 15.1. The van der Waals surface area contributed by atoms with Gasteiger partial charge in [0.2, 0.25) is 0 Å². The third-order valence-corrected chi connectivity index (χ3v) is 4.46. The van der Waals surface area contributed by atoms with Crippen LogP contribution in [0, 0.1) is 6.92 Å². The van der Waals surface area contributed by atoms with Crippen molar-refractivity contribution in [2.45, 2.75) is 39.4 Å². The predicted molar refractivity (Wildman–Crippen MR) is 97.5 cm³/mol. The van der Waals surface area contributed by atoms with Gasteiger partial charge in [0.15, 0.2) is 6.10 Å². The number of nitrogens with zero attached hydrogens (tertiary/aromatic N) is 2. The molecule has 1 aromatic carbocycles.